The molecule has 6 heteroatoms. The van der Waals surface area contributed by atoms with Gasteiger partial charge in [0.1, 0.15) is 12.1 Å². The smallest absolute Gasteiger partial charge is 0.163 e. The molecule has 2 rings (SSSR count). The topological polar surface area (TPSA) is 75.9 Å². The van der Waals surface area contributed by atoms with Crippen LogP contribution in [0.15, 0.2) is 12.5 Å². The molecule has 0 aliphatic carbocycles. The Kier molecular flexibility index (Phi) is 4.09. The molecule has 0 amide bonds. The predicted molar refractivity (Wildman–Crippen MR) is 70.3 cm³/mol. The first kappa shape index (κ1) is 12.8. The number of rotatable bonds is 6. The number of nitrogens with zero attached hydrogens (tertiary/aromatic N) is 4. The first-order valence-corrected chi connectivity index (χ1v) is 6.23. The highest BCUT2D eigenvalue weighted by molar-refractivity contribution is 5.85. The minimum absolute atomic E-state index is 0.228. The minimum Gasteiger partial charge on any atom is -0.396 e. The zero-order valence-corrected chi connectivity index (χ0v) is 10.8. The number of hydrogen-bond donors (Lipinski definition) is 2. The summed E-state index contributed by atoms with van der Waals surface area (Å²) in [6.45, 7) is 3.16. The van der Waals surface area contributed by atoms with Gasteiger partial charge in [-0.3, -0.25) is 4.68 Å². The van der Waals surface area contributed by atoms with Gasteiger partial charge in [-0.05, 0) is 12.3 Å². The molecule has 0 saturated carbocycles. The predicted octanol–water partition coefficient (Wildman–Crippen LogP) is 1.18. The van der Waals surface area contributed by atoms with Crippen molar-refractivity contribution < 1.29 is 5.11 Å². The zero-order chi connectivity index (χ0) is 13.0. The third kappa shape index (κ3) is 2.59. The molecule has 1 unspecified atom stereocenters. The third-order valence-corrected chi connectivity index (χ3v) is 3.20. The Hall–Kier alpha value is -1.69. The normalized spacial score (nSPS) is 12.8. The third-order valence-electron chi connectivity index (χ3n) is 3.20. The number of aromatic nitrogens is 4. The number of fused-ring (bicyclic) bond motifs is 1. The van der Waals surface area contributed by atoms with Gasteiger partial charge in [0.15, 0.2) is 5.65 Å². The molecule has 2 heterocycles. The van der Waals surface area contributed by atoms with E-state index in [4.69, 9.17) is 5.11 Å². The van der Waals surface area contributed by atoms with Crippen LogP contribution >= 0.6 is 0 Å². The first-order valence-electron chi connectivity index (χ1n) is 6.23. The quantitative estimate of drug-likeness (QED) is 0.804. The van der Waals surface area contributed by atoms with Crippen molar-refractivity contribution >= 4 is 16.9 Å². The van der Waals surface area contributed by atoms with Crippen molar-refractivity contribution in [2.75, 3.05) is 18.5 Å². The Morgan fingerprint density at radius 2 is 2.28 bits per heavy atom. The summed E-state index contributed by atoms with van der Waals surface area (Å²) < 4.78 is 1.73. The van der Waals surface area contributed by atoms with Crippen molar-refractivity contribution in [2.45, 2.75) is 19.8 Å². The van der Waals surface area contributed by atoms with E-state index in [1.807, 2.05) is 7.05 Å². The van der Waals surface area contributed by atoms with Gasteiger partial charge in [0.25, 0.3) is 0 Å². The highest BCUT2D eigenvalue weighted by Gasteiger charge is 2.10. The second kappa shape index (κ2) is 5.77. The van der Waals surface area contributed by atoms with Crippen molar-refractivity contribution in [3.05, 3.63) is 12.5 Å². The fourth-order valence-corrected chi connectivity index (χ4v) is 1.98. The van der Waals surface area contributed by atoms with Crippen LogP contribution in [0.2, 0.25) is 0 Å². The van der Waals surface area contributed by atoms with Crippen LogP contribution in [0.4, 0.5) is 5.82 Å². The summed E-state index contributed by atoms with van der Waals surface area (Å²) in [7, 11) is 1.86. The van der Waals surface area contributed by atoms with Gasteiger partial charge in [0, 0.05) is 20.2 Å². The van der Waals surface area contributed by atoms with Crippen molar-refractivity contribution in [1.29, 1.82) is 0 Å². The summed E-state index contributed by atoms with van der Waals surface area (Å²) in [4.78, 5) is 8.44. The zero-order valence-electron chi connectivity index (χ0n) is 10.8. The monoisotopic (exact) mass is 249 g/mol. The Balaban J connectivity index is 2.12. The van der Waals surface area contributed by atoms with Crippen LogP contribution in [0.1, 0.15) is 19.8 Å². The van der Waals surface area contributed by atoms with Gasteiger partial charge in [-0.15, -0.1) is 0 Å². The second-order valence-electron chi connectivity index (χ2n) is 4.40. The van der Waals surface area contributed by atoms with Crippen LogP contribution in [-0.2, 0) is 7.05 Å². The summed E-state index contributed by atoms with van der Waals surface area (Å²) >= 11 is 0. The molecule has 2 aromatic rings. The summed E-state index contributed by atoms with van der Waals surface area (Å²) in [6.07, 6.45) is 5.16. The Morgan fingerprint density at radius 1 is 1.44 bits per heavy atom. The lowest BCUT2D eigenvalue weighted by Crippen LogP contribution is -2.15. The average molecular weight is 249 g/mol. The first-order chi connectivity index (χ1) is 8.76. The number of aliphatic hydroxyl groups excluding tert-OH is 1. The van der Waals surface area contributed by atoms with Crippen molar-refractivity contribution in [3.8, 4) is 0 Å². The Morgan fingerprint density at radius 3 is 3.00 bits per heavy atom. The van der Waals surface area contributed by atoms with E-state index < -0.39 is 0 Å². The molecule has 0 bridgehead atoms. The van der Waals surface area contributed by atoms with Crippen LogP contribution in [0.25, 0.3) is 11.0 Å². The van der Waals surface area contributed by atoms with Crippen LogP contribution in [-0.4, -0.2) is 38.0 Å². The molecule has 0 spiro atoms. The molecule has 2 N–H and O–H groups in total. The molecule has 0 aliphatic rings. The largest absolute Gasteiger partial charge is 0.396 e. The van der Waals surface area contributed by atoms with Crippen molar-refractivity contribution in [2.24, 2.45) is 13.0 Å². The van der Waals surface area contributed by atoms with Crippen molar-refractivity contribution in [3.63, 3.8) is 0 Å². The Bertz CT molecular complexity index is 510. The van der Waals surface area contributed by atoms with E-state index in [0.29, 0.717) is 5.92 Å². The summed E-state index contributed by atoms with van der Waals surface area (Å²) in [5, 5.41) is 17.4. The molecule has 0 fully saturated rings. The SMILES string of the molecule is CCC(CCO)CNc1ncnc2c1cnn2C. The number of anilines is 1. The van der Waals surface area contributed by atoms with Crippen LogP contribution in [0, 0.1) is 5.92 Å². The lowest BCUT2D eigenvalue weighted by Gasteiger charge is -2.14. The second-order valence-corrected chi connectivity index (χ2v) is 4.40. The van der Waals surface area contributed by atoms with Gasteiger partial charge >= 0.3 is 0 Å². The summed E-state index contributed by atoms with van der Waals surface area (Å²) in [5.74, 6) is 1.26. The number of aryl methyl sites for hydroxylation is 1. The van der Waals surface area contributed by atoms with Crippen molar-refractivity contribution in [1.82, 2.24) is 19.7 Å². The van der Waals surface area contributed by atoms with E-state index in [-0.39, 0.29) is 6.61 Å². The van der Waals surface area contributed by atoms with Gasteiger partial charge in [-0.25, -0.2) is 9.97 Å². The molecule has 6 nitrogen and oxygen atoms in total. The van der Waals surface area contributed by atoms with E-state index in [1.165, 1.54) is 0 Å². The lowest BCUT2D eigenvalue weighted by atomic mass is 10.0. The van der Waals surface area contributed by atoms with Crippen LogP contribution < -0.4 is 5.32 Å². The van der Waals surface area contributed by atoms with E-state index in [1.54, 1.807) is 17.2 Å². The van der Waals surface area contributed by atoms with E-state index >= 15 is 0 Å². The molecular formula is C12H19N5O. The molecule has 2 aromatic heterocycles. The number of aliphatic hydroxyl groups is 1. The van der Waals surface area contributed by atoms with E-state index in [2.05, 4.69) is 27.3 Å². The fourth-order valence-electron chi connectivity index (χ4n) is 1.98. The summed E-state index contributed by atoms with van der Waals surface area (Å²) in [5.41, 5.74) is 0.822. The van der Waals surface area contributed by atoms with Gasteiger partial charge in [-0.2, -0.15) is 5.10 Å². The highest BCUT2D eigenvalue weighted by atomic mass is 16.3. The number of hydrogen-bond acceptors (Lipinski definition) is 5. The molecule has 0 aromatic carbocycles. The van der Waals surface area contributed by atoms with Gasteiger partial charge in [-0.1, -0.05) is 13.3 Å². The van der Waals surface area contributed by atoms with Gasteiger partial charge < -0.3 is 10.4 Å². The van der Waals surface area contributed by atoms with Gasteiger partial charge in [0.05, 0.1) is 11.6 Å². The molecule has 1 atom stereocenters. The molecule has 0 aliphatic heterocycles. The van der Waals surface area contributed by atoms with E-state index in [9.17, 15) is 0 Å². The minimum atomic E-state index is 0.228. The highest BCUT2D eigenvalue weighted by Crippen LogP contribution is 2.18. The maximum atomic E-state index is 8.97. The Labute approximate surface area is 106 Å². The standard InChI is InChI=1S/C12H19N5O/c1-3-9(4-5-18)6-13-11-10-7-16-17(2)12(10)15-8-14-11/h7-9,18H,3-6H2,1-2H3,(H,13,14,15). The maximum absolute atomic E-state index is 8.97. The maximum Gasteiger partial charge on any atom is 0.163 e. The van der Waals surface area contributed by atoms with Crippen LogP contribution in [0.3, 0.4) is 0 Å². The molecule has 18 heavy (non-hydrogen) atoms. The van der Waals surface area contributed by atoms with E-state index in [0.717, 1.165) is 36.2 Å². The van der Waals surface area contributed by atoms with Crippen LogP contribution in [0.5, 0.6) is 0 Å². The average Bonchev–Trinajstić information content (AvgIpc) is 2.77. The summed E-state index contributed by atoms with van der Waals surface area (Å²) in [6, 6.07) is 0. The fraction of sp³-hybridized carbons (Fsp3) is 0.583. The molecular weight excluding hydrogens is 230 g/mol. The van der Waals surface area contributed by atoms with Gasteiger partial charge in [0.2, 0.25) is 0 Å². The number of nitrogens with one attached hydrogen (secondary N) is 1. The molecule has 0 radical (unpaired) electrons. The molecule has 98 valence electrons. The lowest BCUT2D eigenvalue weighted by molar-refractivity contribution is 0.258. The molecule has 0 saturated heterocycles.